The molecule has 0 aliphatic rings. The molecule has 0 atom stereocenters. The Balaban J connectivity index is 3.08. The number of amides is 1. The third-order valence-electron chi connectivity index (χ3n) is 3.54. The van der Waals surface area contributed by atoms with Crippen LogP contribution < -0.4 is 11.1 Å². The molecule has 0 bridgehead atoms. The van der Waals surface area contributed by atoms with Gasteiger partial charge in [0.1, 0.15) is 5.82 Å². The Kier molecular flexibility index (Phi) is 6.74. The van der Waals surface area contributed by atoms with Crippen molar-refractivity contribution >= 4 is 44.9 Å². The van der Waals surface area contributed by atoms with Crippen LogP contribution in [0.25, 0.3) is 0 Å². The molecular formula is C15H22BrN3OS. The molecule has 4 nitrogen and oxygen atoms in total. The highest BCUT2D eigenvalue weighted by molar-refractivity contribution is 9.10. The van der Waals surface area contributed by atoms with E-state index in [0.29, 0.717) is 18.7 Å². The molecule has 1 aromatic rings. The Hall–Kier alpha value is -1.01. The smallest absolute Gasteiger partial charge is 0.238 e. The summed E-state index contributed by atoms with van der Waals surface area (Å²) in [5, 5.41) is 2.89. The number of aromatic nitrogens is 1. The number of rotatable bonds is 7. The van der Waals surface area contributed by atoms with Gasteiger partial charge in [0.2, 0.25) is 5.91 Å². The summed E-state index contributed by atoms with van der Waals surface area (Å²) in [6, 6.07) is 1.91. The zero-order valence-electron chi connectivity index (χ0n) is 12.7. The van der Waals surface area contributed by atoms with Crippen molar-refractivity contribution in [2.75, 3.05) is 5.32 Å². The summed E-state index contributed by atoms with van der Waals surface area (Å²) in [4.78, 5) is 17.3. The number of nitrogens with two attached hydrogens (primary N) is 1. The summed E-state index contributed by atoms with van der Waals surface area (Å²) >= 11 is 8.55. The highest BCUT2D eigenvalue weighted by Crippen LogP contribution is 2.32. The molecule has 6 heteroatoms. The standard InChI is InChI=1S/C15H22BrN3OS/c1-4-6-15(7-5-2,13(17)21)14(20)19-12-10(3)8-11(16)9-18-12/h8-9H,4-7H2,1-3H3,(H2,17,21)(H,18,19,20). The minimum absolute atomic E-state index is 0.156. The van der Waals surface area contributed by atoms with Crippen LogP contribution in [0.1, 0.15) is 45.1 Å². The van der Waals surface area contributed by atoms with Crippen molar-refractivity contribution in [3.8, 4) is 0 Å². The SMILES string of the molecule is CCCC(CCC)(C(=O)Nc1ncc(Br)cc1C)C(N)=S. The van der Waals surface area contributed by atoms with Crippen LogP contribution in [0.3, 0.4) is 0 Å². The molecule has 1 amide bonds. The van der Waals surface area contributed by atoms with Crippen LogP contribution in [0.15, 0.2) is 16.7 Å². The molecule has 0 radical (unpaired) electrons. The number of aryl methyl sites for hydroxylation is 1. The summed E-state index contributed by atoms with van der Waals surface area (Å²) < 4.78 is 0.876. The molecule has 0 saturated heterocycles. The van der Waals surface area contributed by atoms with Gasteiger partial charge in [-0.1, -0.05) is 38.9 Å². The molecule has 0 aromatic carbocycles. The van der Waals surface area contributed by atoms with Gasteiger partial charge in [-0.3, -0.25) is 4.79 Å². The lowest BCUT2D eigenvalue weighted by molar-refractivity contribution is -0.122. The largest absolute Gasteiger partial charge is 0.392 e. The molecule has 1 heterocycles. The first-order chi connectivity index (χ1) is 9.87. The Labute approximate surface area is 140 Å². The summed E-state index contributed by atoms with van der Waals surface area (Å²) in [5.74, 6) is 0.396. The number of carbonyl (C=O) groups excluding carboxylic acids is 1. The van der Waals surface area contributed by atoms with Crippen molar-refractivity contribution in [1.82, 2.24) is 4.98 Å². The normalized spacial score (nSPS) is 11.2. The lowest BCUT2D eigenvalue weighted by Gasteiger charge is -2.31. The maximum atomic E-state index is 12.8. The van der Waals surface area contributed by atoms with E-state index >= 15 is 0 Å². The minimum atomic E-state index is -0.792. The average Bonchev–Trinajstić information content (AvgIpc) is 2.41. The third-order valence-corrected chi connectivity index (χ3v) is 4.36. The third kappa shape index (κ3) is 4.23. The number of nitrogens with zero attached hydrogens (tertiary/aromatic N) is 1. The van der Waals surface area contributed by atoms with Crippen molar-refractivity contribution in [3.05, 3.63) is 22.3 Å². The van der Waals surface area contributed by atoms with Crippen LogP contribution in [-0.2, 0) is 4.79 Å². The number of thiocarbonyl (C=S) groups is 1. The lowest BCUT2D eigenvalue weighted by atomic mass is 9.78. The molecule has 0 aliphatic heterocycles. The molecule has 0 fully saturated rings. The van der Waals surface area contributed by atoms with E-state index in [-0.39, 0.29) is 10.9 Å². The van der Waals surface area contributed by atoms with E-state index in [4.69, 9.17) is 18.0 Å². The first kappa shape index (κ1) is 18.0. The lowest BCUT2D eigenvalue weighted by Crippen LogP contribution is -2.46. The van der Waals surface area contributed by atoms with E-state index in [1.807, 2.05) is 26.8 Å². The van der Waals surface area contributed by atoms with E-state index < -0.39 is 5.41 Å². The number of anilines is 1. The fourth-order valence-corrected chi connectivity index (χ4v) is 3.21. The second-order valence-electron chi connectivity index (χ2n) is 5.22. The number of nitrogens with one attached hydrogen (secondary N) is 1. The second-order valence-corrected chi connectivity index (χ2v) is 6.58. The van der Waals surface area contributed by atoms with Gasteiger partial charge < -0.3 is 11.1 Å². The molecule has 0 unspecified atom stereocenters. The van der Waals surface area contributed by atoms with Gasteiger partial charge in [0.25, 0.3) is 0 Å². The molecule has 3 N–H and O–H groups in total. The van der Waals surface area contributed by atoms with Crippen LogP contribution >= 0.6 is 28.1 Å². The van der Waals surface area contributed by atoms with Crippen molar-refractivity contribution in [2.24, 2.45) is 11.1 Å². The molecule has 1 rings (SSSR count). The van der Waals surface area contributed by atoms with Crippen molar-refractivity contribution in [3.63, 3.8) is 0 Å². The predicted molar refractivity (Wildman–Crippen MR) is 94.3 cm³/mol. The van der Waals surface area contributed by atoms with Crippen molar-refractivity contribution in [2.45, 2.75) is 46.5 Å². The number of carbonyl (C=O) groups is 1. The van der Waals surface area contributed by atoms with E-state index in [2.05, 4.69) is 26.2 Å². The Morgan fingerprint density at radius 3 is 2.43 bits per heavy atom. The van der Waals surface area contributed by atoms with Gasteiger partial charge in [-0.2, -0.15) is 0 Å². The highest BCUT2D eigenvalue weighted by Gasteiger charge is 2.40. The van der Waals surface area contributed by atoms with Gasteiger partial charge in [0.15, 0.2) is 0 Å². The Morgan fingerprint density at radius 1 is 1.43 bits per heavy atom. The number of halogens is 1. The first-order valence-corrected chi connectivity index (χ1v) is 8.31. The van der Waals surface area contributed by atoms with Gasteiger partial charge in [-0.25, -0.2) is 4.98 Å². The van der Waals surface area contributed by atoms with Crippen LogP contribution in [0.2, 0.25) is 0 Å². The Bertz CT molecular complexity index is 528. The van der Waals surface area contributed by atoms with Crippen LogP contribution in [0, 0.1) is 12.3 Å². The zero-order chi connectivity index (χ0) is 16.0. The molecular weight excluding hydrogens is 350 g/mol. The Morgan fingerprint density at radius 2 is 2.00 bits per heavy atom. The molecule has 116 valence electrons. The second kappa shape index (κ2) is 7.84. The molecule has 0 saturated carbocycles. The summed E-state index contributed by atoms with van der Waals surface area (Å²) in [6.07, 6.45) is 4.65. The molecule has 0 spiro atoms. The van der Waals surface area contributed by atoms with Crippen LogP contribution in [0.4, 0.5) is 5.82 Å². The number of hydrogen-bond acceptors (Lipinski definition) is 3. The fourth-order valence-electron chi connectivity index (χ4n) is 2.46. The molecule has 21 heavy (non-hydrogen) atoms. The highest BCUT2D eigenvalue weighted by atomic mass is 79.9. The van der Waals surface area contributed by atoms with Gasteiger partial charge in [0, 0.05) is 10.7 Å². The summed E-state index contributed by atoms with van der Waals surface area (Å²) in [5.41, 5.74) is 6.00. The molecule has 0 aliphatic carbocycles. The predicted octanol–water partition coefficient (Wildman–Crippen LogP) is 3.96. The van der Waals surface area contributed by atoms with Crippen molar-refractivity contribution < 1.29 is 4.79 Å². The summed E-state index contributed by atoms with van der Waals surface area (Å²) in [7, 11) is 0. The van der Waals surface area contributed by atoms with E-state index in [0.717, 1.165) is 22.9 Å². The van der Waals surface area contributed by atoms with E-state index in [1.165, 1.54) is 0 Å². The van der Waals surface area contributed by atoms with E-state index in [9.17, 15) is 4.79 Å². The van der Waals surface area contributed by atoms with Crippen LogP contribution in [-0.4, -0.2) is 15.9 Å². The zero-order valence-corrected chi connectivity index (χ0v) is 15.1. The monoisotopic (exact) mass is 371 g/mol. The molecule has 1 aromatic heterocycles. The number of hydrogen-bond donors (Lipinski definition) is 2. The van der Waals surface area contributed by atoms with Gasteiger partial charge in [-0.05, 0) is 47.3 Å². The van der Waals surface area contributed by atoms with E-state index in [1.54, 1.807) is 6.20 Å². The van der Waals surface area contributed by atoms with Crippen molar-refractivity contribution in [1.29, 1.82) is 0 Å². The quantitative estimate of drug-likeness (QED) is 0.711. The maximum Gasteiger partial charge on any atom is 0.238 e. The minimum Gasteiger partial charge on any atom is -0.392 e. The van der Waals surface area contributed by atoms with Gasteiger partial charge >= 0.3 is 0 Å². The van der Waals surface area contributed by atoms with Crippen LogP contribution in [0.5, 0.6) is 0 Å². The fraction of sp³-hybridized carbons (Fsp3) is 0.533. The first-order valence-electron chi connectivity index (χ1n) is 7.11. The van der Waals surface area contributed by atoms with Gasteiger partial charge in [0.05, 0.1) is 10.4 Å². The summed E-state index contributed by atoms with van der Waals surface area (Å²) in [6.45, 7) is 5.95. The topological polar surface area (TPSA) is 68.0 Å². The number of pyridine rings is 1. The average molecular weight is 372 g/mol. The van der Waals surface area contributed by atoms with Gasteiger partial charge in [-0.15, -0.1) is 0 Å². The maximum absolute atomic E-state index is 12.8.